The van der Waals surface area contributed by atoms with Gasteiger partial charge in [-0.1, -0.05) is 22.9 Å². The number of hydrogen-bond acceptors (Lipinski definition) is 2. The van der Waals surface area contributed by atoms with Crippen molar-refractivity contribution in [2.45, 2.75) is 39.7 Å². The molecule has 0 aliphatic rings. The van der Waals surface area contributed by atoms with Gasteiger partial charge < -0.3 is 10.6 Å². The van der Waals surface area contributed by atoms with Gasteiger partial charge in [0, 0.05) is 29.2 Å². The summed E-state index contributed by atoms with van der Waals surface area (Å²) < 4.78 is 1.07. The van der Waals surface area contributed by atoms with Crippen molar-refractivity contribution >= 4 is 27.5 Å². The molecule has 0 saturated carbocycles. The summed E-state index contributed by atoms with van der Waals surface area (Å²) in [6.07, 6.45) is 1.46. The highest BCUT2D eigenvalue weighted by Crippen LogP contribution is 2.19. The Kier molecular flexibility index (Phi) is 6.19. The number of anilines is 1. The van der Waals surface area contributed by atoms with E-state index < -0.39 is 0 Å². The highest BCUT2D eigenvalue weighted by Gasteiger charge is 2.05. The minimum atomic E-state index is 0.103. The van der Waals surface area contributed by atoms with E-state index in [1.165, 1.54) is 5.56 Å². The fraction of sp³-hybridized carbons (Fsp3) is 0.500. The number of nitrogens with one attached hydrogen (secondary N) is 2. The first-order valence-electron chi connectivity index (χ1n) is 6.32. The zero-order valence-corrected chi connectivity index (χ0v) is 12.8. The molecule has 1 aromatic rings. The standard InChI is InChI=1S/C14H21BrN2O/c1-4-11(3)17-14(18)7-8-16-13-6-5-12(15)9-10(13)2/h5-6,9,11,16H,4,7-8H2,1-3H3,(H,17,18). The Morgan fingerprint density at radius 3 is 2.78 bits per heavy atom. The number of halogens is 1. The van der Waals surface area contributed by atoms with Gasteiger partial charge in [-0.15, -0.1) is 0 Å². The van der Waals surface area contributed by atoms with Crippen LogP contribution in [0, 0.1) is 6.92 Å². The van der Waals surface area contributed by atoms with Crippen LogP contribution in [0.1, 0.15) is 32.3 Å². The largest absolute Gasteiger partial charge is 0.384 e. The van der Waals surface area contributed by atoms with Crippen molar-refractivity contribution < 1.29 is 4.79 Å². The molecule has 1 amide bonds. The van der Waals surface area contributed by atoms with Crippen molar-refractivity contribution in [1.82, 2.24) is 5.32 Å². The molecule has 100 valence electrons. The van der Waals surface area contributed by atoms with Crippen LogP contribution in [0.5, 0.6) is 0 Å². The quantitative estimate of drug-likeness (QED) is 0.844. The Bertz CT molecular complexity index is 407. The van der Waals surface area contributed by atoms with Gasteiger partial charge in [-0.3, -0.25) is 4.79 Å². The zero-order valence-electron chi connectivity index (χ0n) is 11.2. The maximum Gasteiger partial charge on any atom is 0.221 e. The Labute approximate surface area is 117 Å². The van der Waals surface area contributed by atoms with E-state index in [-0.39, 0.29) is 11.9 Å². The SMILES string of the molecule is CCC(C)NC(=O)CCNc1ccc(Br)cc1C. The van der Waals surface area contributed by atoms with Gasteiger partial charge in [0.15, 0.2) is 0 Å². The molecule has 0 bridgehead atoms. The van der Waals surface area contributed by atoms with E-state index in [9.17, 15) is 4.79 Å². The summed E-state index contributed by atoms with van der Waals surface area (Å²) in [6.45, 7) is 6.79. The molecular formula is C14H21BrN2O. The summed E-state index contributed by atoms with van der Waals surface area (Å²) in [5.41, 5.74) is 2.25. The van der Waals surface area contributed by atoms with Crippen molar-refractivity contribution in [2.24, 2.45) is 0 Å². The second kappa shape index (κ2) is 7.41. The normalized spacial score (nSPS) is 12.0. The number of aryl methyl sites for hydroxylation is 1. The zero-order chi connectivity index (χ0) is 13.5. The molecule has 3 nitrogen and oxygen atoms in total. The smallest absolute Gasteiger partial charge is 0.221 e. The fourth-order valence-corrected chi connectivity index (χ4v) is 2.06. The van der Waals surface area contributed by atoms with Gasteiger partial charge in [-0.2, -0.15) is 0 Å². The van der Waals surface area contributed by atoms with Crippen molar-refractivity contribution in [3.63, 3.8) is 0 Å². The summed E-state index contributed by atoms with van der Waals surface area (Å²) >= 11 is 3.43. The molecule has 1 aromatic carbocycles. The number of hydrogen-bond donors (Lipinski definition) is 2. The average Bonchev–Trinajstić information content (AvgIpc) is 2.31. The van der Waals surface area contributed by atoms with Crippen LogP contribution >= 0.6 is 15.9 Å². The van der Waals surface area contributed by atoms with Gasteiger partial charge in [0.1, 0.15) is 0 Å². The molecule has 0 radical (unpaired) electrons. The Hall–Kier alpha value is -1.03. The lowest BCUT2D eigenvalue weighted by atomic mass is 10.2. The van der Waals surface area contributed by atoms with Crippen molar-refractivity contribution in [3.8, 4) is 0 Å². The van der Waals surface area contributed by atoms with Gasteiger partial charge in [0.2, 0.25) is 5.91 Å². The van der Waals surface area contributed by atoms with E-state index in [0.29, 0.717) is 13.0 Å². The molecule has 1 rings (SSSR count). The van der Waals surface area contributed by atoms with Gasteiger partial charge >= 0.3 is 0 Å². The average molecular weight is 313 g/mol. The summed E-state index contributed by atoms with van der Waals surface area (Å²) in [5.74, 6) is 0.103. The third kappa shape index (κ3) is 5.08. The van der Waals surface area contributed by atoms with Crippen molar-refractivity contribution in [3.05, 3.63) is 28.2 Å². The maximum atomic E-state index is 11.6. The number of rotatable bonds is 6. The molecule has 0 heterocycles. The maximum absolute atomic E-state index is 11.6. The van der Waals surface area contributed by atoms with Gasteiger partial charge in [-0.05, 0) is 44.0 Å². The Morgan fingerprint density at radius 2 is 2.17 bits per heavy atom. The summed E-state index contributed by atoms with van der Waals surface area (Å²) in [7, 11) is 0. The van der Waals surface area contributed by atoms with Crippen molar-refractivity contribution in [1.29, 1.82) is 0 Å². The van der Waals surface area contributed by atoms with Gasteiger partial charge in [-0.25, -0.2) is 0 Å². The van der Waals surface area contributed by atoms with E-state index in [4.69, 9.17) is 0 Å². The highest BCUT2D eigenvalue weighted by atomic mass is 79.9. The van der Waals surface area contributed by atoms with E-state index >= 15 is 0 Å². The monoisotopic (exact) mass is 312 g/mol. The number of carbonyl (C=O) groups excluding carboxylic acids is 1. The minimum Gasteiger partial charge on any atom is -0.384 e. The molecule has 0 fully saturated rings. The van der Waals surface area contributed by atoms with Crippen LogP contribution in [0.4, 0.5) is 5.69 Å². The Morgan fingerprint density at radius 1 is 1.44 bits per heavy atom. The highest BCUT2D eigenvalue weighted by molar-refractivity contribution is 9.10. The Balaban J connectivity index is 2.35. The number of amides is 1. The van der Waals surface area contributed by atoms with E-state index in [2.05, 4.69) is 39.6 Å². The topological polar surface area (TPSA) is 41.1 Å². The predicted molar refractivity (Wildman–Crippen MR) is 79.9 cm³/mol. The molecule has 2 N–H and O–H groups in total. The molecule has 1 atom stereocenters. The lowest BCUT2D eigenvalue weighted by molar-refractivity contribution is -0.121. The molecular weight excluding hydrogens is 292 g/mol. The third-order valence-corrected chi connectivity index (χ3v) is 3.37. The first-order valence-corrected chi connectivity index (χ1v) is 7.11. The van der Waals surface area contributed by atoms with Gasteiger partial charge in [0.25, 0.3) is 0 Å². The van der Waals surface area contributed by atoms with Crippen LogP contribution in [0.3, 0.4) is 0 Å². The fourth-order valence-electron chi connectivity index (χ4n) is 1.59. The first-order chi connectivity index (χ1) is 8.52. The van der Waals surface area contributed by atoms with Crippen LogP contribution in [0.15, 0.2) is 22.7 Å². The first kappa shape index (κ1) is 15.0. The molecule has 0 spiro atoms. The second-order valence-corrected chi connectivity index (χ2v) is 5.43. The summed E-state index contributed by atoms with van der Waals surface area (Å²) in [4.78, 5) is 11.6. The lowest BCUT2D eigenvalue weighted by Crippen LogP contribution is -2.32. The molecule has 4 heteroatoms. The molecule has 0 aliphatic carbocycles. The molecule has 18 heavy (non-hydrogen) atoms. The van der Waals surface area contributed by atoms with Gasteiger partial charge in [0.05, 0.1) is 0 Å². The number of carbonyl (C=O) groups is 1. The molecule has 0 aromatic heterocycles. The van der Waals surface area contributed by atoms with E-state index in [1.54, 1.807) is 0 Å². The van der Waals surface area contributed by atoms with Crippen LogP contribution in [-0.2, 0) is 4.79 Å². The molecule has 1 unspecified atom stereocenters. The molecule has 0 aliphatic heterocycles. The third-order valence-electron chi connectivity index (χ3n) is 2.88. The van der Waals surface area contributed by atoms with E-state index in [1.807, 2.05) is 26.0 Å². The minimum absolute atomic E-state index is 0.103. The van der Waals surface area contributed by atoms with Crippen molar-refractivity contribution in [2.75, 3.05) is 11.9 Å². The van der Waals surface area contributed by atoms with Crippen LogP contribution in [0.2, 0.25) is 0 Å². The second-order valence-electron chi connectivity index (χ2n) is 4.51. The van der Waals surface area contributed by atoms with E-state index in [0.717, 1.165) is 16.6 Å². The van der Waals surface area contributed by atoms with Crippen LogP contribution in [-0.4, -0.2) is 18.5 Å². The molecule has 0 saturated heterocycles. The lowest BCUT2D eigenvalue weighted by Gasteiger charge is -2.13. The number of benzene rings is 1. The summed E-state index contributed by atoms with van der Waals surface area (Å²) in [5, 5.41) is 6.23. The summed E-state index contributed by atoms with van der Waals surface area (Å²) in [6, 6.07) is 6.33. The van der Waals surface area contributed by atoms with Crippen LogP contribution in [0.25, 0.3) is 0 Å². The van der Waals surface area contributed by atoms with Crippen LogP contribution < -0.4 is 10.6 Å². The predicted octanol–water partition coefficient (Wildman–Crippen LogP) is 3.47.